The molecule has 0 heterocycles. The number of carbonyl (C=O) groups excluding carboxylic acids is 1. The molecule has 0 aliphatic rings. The quantitative estimate of drug-likeness (QED) is 0.334. The van der Waals surface area contributed by atoms with Crippen LogP contribution in [0.15, 0.2) is 30.0 Å². The minimum absolute atomic E-state index is 0.470. The third-order valence-electron chi connectivity index (χ3n) is 1.97. The van der Waals surface area contributed by atoms with E-state index in [1.807, 2.05) is 0 Å². The summed E-state index contributed by atoms with van der Waals surface area (Å²) >= 11 is 0. The lowest BCUT2D eigenvalue weighted by Crippen LogP contribution is -2.07. The van der Waals surface area contributed by atoms with Crippen molar-refractivity contribution in [2.24, 2.45) is 0 Å². The molecular weight excluding hydrogens is 206 g/mol. The molecule has 0 radical (unpaired) electrons. The highest BCUT2D eigenvalue weighted by Gasteiger charge is 2.17. The van der Waals surface area contributed by atoms with Gasteiger partial charge in [-0.25, -0.2) is 0 Å². The molecule has 1 aromatic rings. The molecule has 4 nitrogen and oxygen atoms in total. The van der Waals surface area contributed by atoms with Crippen LogP contribution in [0.25, 0.3) is 6.08 Å². The van der Waals surface area contributed by atoms with E-state index in [0.717, 1.165) is 6.92 Å². The molecule has 0 aromatic heterocycles. The fraction of sp³-hybridized carbons (Fsp3) is 0.0833. The monoisotopic (exact) mass is 215 g/mol. The van der Waals surface area contributed by atoms with Crippen LogP contribution in [0, 0.1) is 22.5 Å². The molecule has 0 fully saturated rings. The average molecular weight is 215 g/mol. The van der Waals surface area contributed by atoms with Crippen LogP contribution in [-0.4, -0.2) is 10.7 Å². The summed E-state index contributed by atoms with van der Waals surface area (Å²) in [5.74, 6) is 1.80. The van der Waals surface area contributed by atoms with E-state index >= 15 is 0 Å². The molecule has 0 aliphatic heterocycles. The summed E-state index contributed by atoms with van der Waals surface area (Å²) in [6.45, 7) is 1.15. The number of Topliss-reactive ketones (excluding diaryl/α,β-unsaturated/α-hetero) is 1. The van der Waals surface area contributed by atoms with E-state index in [1.54, 1.807) is 24.3 Å². The van der Waals surface area contributed by atoms with Gasteiger partial charge in [-0.3, -0.25) is 14.9 Å². The molecule has 0 saturated carbocycles. The Hall–Kier alpha value is -2.41. The summed E-state index contributed by atoms with van der Waals surface area (Å²) in [4.78, 5) is 20.9. The van der Waals surface area contributed by atoms with Crippen LogP contribution in [0.4, 0.5) is 0 Å². The zero-order chi connectivity index (χ0) is 12.1. The second-order valence-corrected chi connectivity index (χ2v) is 3.07. The summed E-state index contributed by atoms with van der Waals surface area (Å²) in [5.41, 5.74) is 0.540. The van der Waals surface area contributed by atoms with Crippen molar-refractivity contribution in [2.45, 2.75) is 6.92 Å². The largest absolute Gasteiger partial charge is 0.312 e. The van der Waals surface area contributed by atoms with Gasteiger partial charge in [0.2, 0.25) is 5.78 Å². The van der Waals surface area contributed by atoms with Crippen LogP contribution >= 0.6 is 0 Å². The van der Waals surface area contributed by atoms with Crippen molar-refractivity contribution < 1.29 is 9.72 Å². The van der Waals surface area contributed by atoms with Crippen molar-refractivity contribution in [1.82, 2.24) is 0 Å². The van der Waals surface area contributed by atoms with Crippen molar-refractivity contribution >= 4 is 11.9 Å². The maximum atomic E-state index is 11.0. The van der Waals surface area contributed by atoms with Crippen LogP contribution in [0.2, 0.25) is 0 Å². The van der Waals surface area contributed by atoms with Gasteiger partial charge in [0, 0.05) is 18.6 Å². The zero-order valence-electron chi connectivity index (χ0n) is 8.64. The molecule has 0 amide bonds. The number of nitro groups is 1. The summed E-state index contributed by atoms with van der Waals surface area (Å²) in [6, 6.07) is 6.71. The van der Waals surface area contributed by atoms with Crippen LogP contribution in [-0.2, 0) is 4.79 Å². The maximum Gasteiger partial charge on any atom is 0.312 e. The number of rotatable bonds is 3. The number of terminal acetylenes is 1. The molecule has 0 atom stereocenters. The van der Waals surface area contributed by atoms with Gasteiger partial charge in [0.05, 0.1) is 4.92 Å². The average Bonchev–Trinajstić information content (AvgIpc) is 2.25. The number of carbonyl (C=O) groups is 1. The first-order chi connectivity index (χ1) is 7.56. The van der Waals surface area contributed by atoms with Crippen molar-refractivity contribution in [3.05, 3.63) is 51.2 Å². The Kier molecular flexibility index (Phi) is 3.57. The minimum atomic E-state index is -0.713. The van der Waals surface area contributed by atoms with Gasteiger partial charge >= 0.3 is 5.70 Å². The predicted octanol–water partition coefficient (Wildman–Crippen LogP) is 1.87. The molecule has 0 aliphatic carbocycles. The third-order valence-corrected chi connectivity index (χ3v) is 1.97. The van der Waals surface area contributed by atoms with E-state index in [4.69, 9.17) is 6.42 Å². The van der Waals surface area contributed by atoms with Crippen molar-refractivity contribution in [3.63, 3.8) is 0 Å². The van der Waals surface area contributed by atoms with Crippen molar-refractivity contribution in [3.8, 4) is 12.3 Å². The van der Waals surface area contributed by atoms with E-state index in [-0.39, 0.29) is 0 Å². The minimum Gasteiger partial charge on any atom is -0.288 e. The SMILES string of the molecule is C#Cc1ccccc1C=C(C(C)=O)[N+](=O)[O-]. The predicted molar refractivity (Wildman–Crippen MR) is 60.0 cm³/mol. The zero-order valence-corrected chi connectivity index (χ0v) is 8.64. The second-order valence-electron chi connectivity index (χ2n) is 3.07. The van der Waals surface area contributed by atoms with Crippen LogP contribution in [0.1, 0.15) is 18.1 Å². The van der Waals surface area contributed by atoms with Gasteiger partial charge in [-0.1, -0.05) is 24.1 Å². The Bertz CT molecular complexity index is 493. The first-order valence-corrected chi connectivity index (χ1v) is 4.49. The van der Waals surface area contributed by atoms with Gasteiger partial charge in [-0.05, 0) is 11.6 Å². The van der Waals surface area contributed by atoms with Gasteiger partial charge in [-0.15, -0.1) is 6.42 Å². The number of hydrogen-bond acceptors (Lipinski definition) is 3. The van der Waals surface area contributed by atoms with Crippen molar-refractivity contribution in [1.29, 1.82) is 0 Å². The smallest absolute Gasteiger partial charge is 0.288 e. The molecule has 16 heavy (non-hydrogen) atoms. The normalized spacial score (nSPS) is 10.6. The first kappa shape index (κ1) is 11.7. The van der Waals surface area contributed by atoms with Gasteiger partial charge in [0.1, 0.15) is 0 Å². The van der Waals surface area contributed by atoms with E-state index < -0.39 is 16.4 Å². The Balaban J connectivity index is 3.30. The topological polar surface area (TPSA) is 60.2 Å². The number of ketones is 1. The fourth-order valence-corrected chi connectivity index (χ4v) is 1.18. The number of benzene rings is 1. The standard InChI is InChI=1S/C12H9NO3/c1-3-10-6-4-5-7-11(10)8-12(9(2)14)13(15)16/h1,4-8H,2H3. The Morgan fingerprint density at radius 1 is 1.50 bits per heavy atom. The molecule has 4 heteroatoms. The molecule has 0 unspecified atom stereocenters. The first-order valence-electron chi connectivity index (χ1n) is 4.49. The summed E-state index contributed by atoms with van der Waals surface area (Å²) in [7, 11) is 0. The Morgan fingerprint density at radius 2 is 2.12 bits per heavy atom. The van der Waals surface area contributed by atoms with E-state index in [1.165, 1.54) is 6.08 Å². The number of nitrogens with zero attached hydrogens (tertiary/aromatic N) is 1. The number of hydrogen-bond donors (Lipinski definition) is 0. The van der Waals surface area contributed by atoms with Gasteiger partial charge in [0.15, 0.2) is 0 Å². The molecule has 0 spiro atoms. The Morgan fingerprint density at radius 3 is 2.62 bits per heavy atom. The van der Waals surface area contributed by atoms with Crippen molar-refractivity contribution in [2.75, 3.05) is 0 Å². The van der Waals surface area contributed by atoms with Crippen LogP contribution < -0.4 is 0 Å². The highest BCUT2D eigenvalue weighted by Crippen LogP contribution is 2.13. The molecule has 0 saturated heterocycles. The fourth-order valence-electron chi connectivity index (χ4n) is 1.18. The van der Waals surface area contributed by atoms with E-state index in [9.17, 15) is 14.9 Å². The van der Waals surface area contributed by atoms with E-state index in [2.05, 4.69) is 5.92 Å². The van der Waals surface area contributed by atoms with Crippen LogP contribution in [0.5, 0.6) is 0 Å². The second kappa shape index (κ2) is 4.89. The third kappa shape index (κ3) is 2.55. The molecule has 0 bridgehead atoms. The summed E-state index contributed by atoms with van der Waals surface area (Å²) in [5, 5.41) is 10.6. The molecule has 0 N–H and O–H groups in total. The molecule has 80 valence electrons. The van der Waals surface area contributed by atoms with Gasteiger partial charge in [-0.2, -0.15) is 0 Å². The lowest BCUT2D eigenvalue weighted by molar-refractivity contribution is -0.417. The maximum absolute atomic E-state index is 11.0. The summed E-state index contributed by atoms with van der Waals surface area (Å²) < 4.78 is 0. The highest BCUT2D eigenvalue weighted by atomic mass is 16.6. The van der Waals surface area contributed by atoms with E-state index in [0.29, 0.717) is 11.1 Å². The highest BCUT2D eigenvalue weighted by molar-refractivity contribution is 5.95. The molecule has 1 rings (SSSR count). The molecular formula is C12H9NO3. The Labute approximate surface area is 92.7 Å². The lowest BCUT2D eigenvalue weighted by Gasteiger charge is -1.98. The van der Waals surface area contributed by atoms with Gasteiger partial charge in [0.25, 0.3) is 0 Å². The van der Waals surface area contributed by atoms with Gasteiger partial charge < -0.3 is 0 Å². The number of allylic oxidation sites excluding steroid dienone is 1. The lowest BCUT2D eigenvalue weighted by atomic mass is 10.1. The van der Waals surface area contributed by atoms with Crippen LogP contribution in [0.3, 0.4) is 0 Å². The summed E-state index contributed by atoms with van der Waals surface area (Å²) in [6.07, 6.45) is 6.44. The molecule has 1 aromatic carbocycles.